The van der Waals surface area contributed by atoms with Crippen LogP contribution in [0.1, 0.15) is 18.0 Å². The van der Waals surface area contributed by atoms with Gasteiger partial charge in [0.15, 0.2) is 0 Å². The summed E-state index contributed by atoms with van der Waals surface area (Å²) in [5.41, 5.74) is 3.17. The van der Waals surface area contributed by atoms with Gasteiger partial charge in [-0.3, -0.25) is 15.7 Å². The molecular weight excluding hydrogens is 256 g/mol. The normalized spacial score (nSPS) is 18.9. The molecule has 1 heterocycles. The maximum atomic E-state index is 10.9. The molecule has 18 heavy (non-hydrogen) atoms. The Balaban J connectivity index is 2.32. The van der Waals surface area contributed by atoms with Gasteiger partial charge in [-0.15, -0.1) is 0 Å². The molecule has 0 aliphatic carbocycles. The number of hydrogen-bond acceptors (Lipinski definition) is 4. The largest absolute Gasteiger partial charge is 0.477 e. The summed E-state index contributed by atoms with van der Waals surface area (Å²) >= 11 is 5.79. The first-order valence-electron chi connectivity index (χ1n) is 5.27. The van der Waals surface area contributed by atoms with E-state index < -0.39 is 5.97 Å². The molecule has 0 bridgehead atoms. The average Bonchev–Trinajstić information content (AvgIpc) is 2.39. The van der Waals surface area contributed by atoms with E-state index in [0.717, 1.165) is 5.56 Å². The van der Waals surface area contributed by atoms with E-state index in [1.54, 1.807) is 24.3 Å². The van der Waals surface area contributed by atoms with E-state index in [-0.39, 0.29) is 11.8 Å². The number of benzene rings is 1. The molecule has 5 nitrogen and oxygen atoms in total. The number of aliphatic imine (C=N–C) groups is 1. The second kappa shape index (κ2) is 5.20. The van der Waals surface area contributed by atoms with Crippen LogP contribution in [-0.2, 0) is 4.79 Å². The summed E-state index contributed by atoms with van der Waals surface area (Å²) in [5.74, 6) is -1.12. The molecule has 1 unspecified atom stereocenters. The van der Waals surface area contributed by atoms with Gasteiger partial charge in [-0.1, -0.05) is 23.7 Å². The Morgan fingerprint density at radius 2 is 2.06 bits per heavy atom. The summed E-state index contributed by atoms with van der Waals surface area (Å²) in [7, 11) is 0. The van der Waals surface area contributed by atoms with Crippen LogP contribution < -0.4 is 5.48 Å². The number of carboxylic acid groups (broad SMARTS) is 1. The second-order valence-corrected chi connectivity index (χ2v) is 4.31. The van der Waals surface area contributed by atoms with Crippen LogP contribution in [-0.4, -0.2) is 22.0 Å². The van der Waals surface area contributed by atoms with Crippen molar-refractivity contribution in [3.63, 3.8) is 0 Å². The first-order valence-corrected chi connectivity index (χ1v) is 5.65. The molecule has 6 heteroatoms. The third-order valence-corrected chi connectivity index (χ3v) is 2.89. The van der Waals surface area contributed by atoms with Gasteiger partial charge < -0.3 is 5.11 Å². The summed E-state index contributed by atoms with van der Waals surface area (Å²) < 4.78 is 0. The van der Waals surface area contributed by atoms with E-state index in [2.05, 4.69) is 4.99 Å². The maximum Gasteiger partial charge on any atom is 0.354 e. The minimum Gasteiger partial charge on any atom is -0.477 e. The fourth-order valence-corrected chi connectivity index (χ4v) is 1.88. The van der Waals surface area contributed by atoms with Crippen molar-refractivity contribution >= 4 is 23.3 Å². The van der Waals surface area contributed by atoms with Crippen LogP contribution >= 0.6 is 11.6 Å². The number of carbonyl (C=O) groups is 1. The molecule has 0 radical (unpaired) electrons. The molecule has 0 saturated heterocycles. The number of nitrogens with one attached hydrogen (secondary N) is 1. The molecule has 94 valence electrons. The Labute approximate surface area is 108 Å². The van der Waals surface area contributed by atoms with Gasteiger partial charge >= 0.3 is 5.97 Å². The van der Waals surface area contributed by atoms with Crippen LogP contribution in [0.15, 0.2) is 41.0 Å². The average molecular weight is 267 g/mol. The molecule has 0 fully saturated rings. The highest BCUT2D eigenvalue weighted by Gasteiger charge is 2.21. The van der Waals surface area contributed by atoms with Gasteiger partial charge in [0.05, 0.1) is 6.04 Å². The minimum atomic E-state index is -1.12. The molecule has 0 aromatic heterocycles. The zero-order valence-corrected chi connectivity index (χ0v) is 10.1. The van der Waals surface area contributed by atoms with Gasteiger partial charge in [0, 0.05) is 17.1 Å². The lowest BCUT2D eigenvalue weighted by Gasteiger charge is -2.19. The number of dihydropyridines is 1. The number of hydrogen-bond donors (Lipinski definition) is 3. The molecule has 1 aliphatic heterocycles. The van der Waals surface area contributed by atoms with Crippen LogP contribution in [0.25, 0.3) is 0 Å². The number of nitrogens with zero attached hydrogens (tertiary/aromatic N) is 1. The second-order valence-electron chi connectivity index (χ2n) is 3.87. The summed E-state index contributed by atoms with van der Waals surface area (Å²) in [6.07, 6.45) is 1.73. The van der Waals surface area contributed by atoms with Crippen molar-refractivity contribution in [3.05, 3.63) is 46.6 Å². The van der Waals surface area contributed by atoms with E-state index in [1.165, 1.54) is 6.08 Å². The van der Waals surface area contributed by atoms with Crippen molar-refractivity contribution in [2.24, 2.45) is 4.99 Å². The van der Waals surface area contributed by atoms with Crippen molar-refractivity contribution in [1.82, 2.24) is 5.48 Å². The summed E-state index contributed by atoms with van der Waals surface area (Å²) in [6, 6.07) is 6.68. The highest BCUT2D eigenvalue weighted by Crippen LogP contribution is 2.28. The van der Waals surface area contributed by atoms with Crippen molar-refractivity contribution in [3.8, 4) is 0 Å². The third-order valence-electron chi connectivity index (χ3n) is 2.64. The SMILES string of the molecule is O=C(O)C1=NC(c2ccc(Cl)cc2)CC(NO)=C1. The Bertz CT molecular complexity index is 523. The van der Waals surface area contributed by atoms with Gasteiger partial charge in [0.2, 0.25) is 0 Å². The van der Waals surface area contributed by atoms with E-state index in [9.17, 15) is 4.79 Å². The highest BCUT2D eigenvalue weighted by molar-refractivity contribution is 6.40. The van der Waals surface area contributed by atoms with E-state index in [4.69, 9.17) is 21.9 Å². The van der Waals surface area contributed by atoms with E-state index >= 15 is 0 Å². The first-order chi connectivity index (χ1) is 8.60. The van der Waals surface area contributed by atoms with Gasteiger partial charge in [0.25, 0.3) is 0 Å². The predicted octanol–water partition coefficient (Wildman–Crippen LogP) is 2.17. The Morgan fingerprint density at radius 3 is 2.61 bits per heavy atom. The topological polar surface area (TPSA) is 81.9 Å². The van der Waals surface area contributed by atoms with Gasteiger partial charge in [-0.05, 0) is 23.8 Å². The minimum absolute atomic E-state index is 0.0854. The molecule has 3 N–H and O–H groups in total. The number of aliphatic carboxylic acids is 1. The van der Waals surface area contributed by atoms with E-state index in [0.29, 0.717) is 17.1 Å². The number of carboxylic acids is 1. The monoisotopic (exact) mass is 266 g/mol. The molecule has 1 atom stereocenters. The van der Waals surface area contributed by atoms with Crippen LogP contribution in [0.4, 0.5) is 0 Å². The first kappa shape index (κ1) is 12.6. The summed E-state index contributed by atoms with van der Waals surface area (Å²) in [4.78, 5) is 15.1. The Hall–Kier alpha value is -1.85. The van der Waals surface area contributed by atoms with Crippen molar-refractivity contribution in [2.45, 2.75) is 12.5 Å². The standard InChI is InChI=1S/C12H11ClN2O3/c13-8-3-1-7(2-4-8)10-5-9(15-18)6-11(14-10)12(16)17/h1-4,6,10,15,18H,5H2,(H,16,17). The molecule has 0 spiro atoms. The number of halogens is 1. The fourth-order valence-electron chi connectivity index (χ4n) is 1.76. The molecule has 0 amide bonds. The van der Waals surface area contributed by atoms with Gasteiger partial charge in [-0.25, -0.2) is 4.79 Å². The quantitative estimate of drug-likeness (QED) is 0.733. The Morgan fingerprint density at radius 1 is 1.39 bits per heavy atom. The molecule has 2 rings (SSSR count). The molecule has 1 aliphatic rings. The maximum absolute atomic E-state index is 10.9. The lowest BCUT2D eigenvalue weighted by atomic mass is 9.99. The molecule has 0 saturated carbocycles. The molecule has 1 aromatic carbocycles. The van der Waals surface area contributed by atoms with Crippen molar-refractivity contribution in [2.75, 3.05) is 0 Å². The van der Waals surface area contributed by atoms with Crippen LogP contribution in [0.5, 0.6) is 0 Å². The zero-order chi connectivity index (χ0) is 13.1. The summed E-state index contributed by atoms with van der Waals surface area (Å²) in [6.45, 7) is 0. The van der Waals surface area contributed by atoms with E-state index in [1.807, 2.05) is 5.48 Å². The molecule has 1 aromatic rings. The lowest BCUT2D eigenvalue weighted by Crippen LogP contribution is -2.22. The van der Waals surface area contributed by atoms with Crippen molar-refractivity contribution in [1.29, 1.82) is 0 Å². The smallest absolute Gasteiger partial charge is 0.354 e. The predicted molar refractivity (Wildman–Crippen MR) is 66.9 cm³/mol. The number of rotatable bonds is 3. The fraction of sp³-hybridized carbons (Fsp3) is 0.167. The number of hydroxylamine groups is 1. The van der Waals surface area contributed by atoms with Crippen LogP contribution in [0.3, 0.4) is 0 Å². The molecular formula is C12H11ClN2O3. The van der Waals surface area contributed by atoms with Crippen LogP contribution in [0.2, 0.25) is 5.02 Å². The highest BCUT2D eigenvalue weighted by atomic mass is 35.5. The van der Waals surface area contributed by atoms with Gasteiger partial charge in [-0.2, -0.15) is 0 Å². The lowest BCUT2D eigenvalue weighted by molar-refractivity contribution is -0.129. The van der Waals surface area contributed by atoms with Crippen molar-refractivity contribution < 1.29 is 15.1 Å². The Kier molecular flexibility index (Phi) is 3.64. The van der Waals surface area contributed by atoms with Gasteiger partial charge in [0.1, 0.15) is 5.71 Å². The summed E-state index contributed by atoms with van der Waals surface area (Å²) in [5, 5.41) is 18.5. The van der Waals surface area contributed by atoms with Crippen LogP contribution in [0, 0.1) is 0 Å². The zero-order valence-electron chi connectivity index (χ0n) is 9.30. The third kappa shape index (κ3) is 2.69.